The molecule has 0 aromatic heterocycles. The van der Waals surface area contributed by atoms with Crippen molar-refractivity contribution in [1.82, 2.24) is 4.90 Å². The number of nitrogens with zero attached hydrogens (tertiary/aromatic N) is 1. The predicted octanol–water partition coefficient (Wildman–Crippen LogP) is 3.53. The zero-order valence-electron chi connectivity index (χ0n) is 11.8. The summed E-state index contributed by atoms with van der Waals surface area (Å²) < 4.78 is 5.83. The summed E-state index contributed by atoms with van der Waals surface area (Å²) in [6, 6.07) is 7.52. The Labute approximate surface area is 122 Å². The second kappa shape index (κ2) is 6.13. The van der Waals surface area contributed by atoms with E-state index in [4.69, 9.17) is 4.74 Å². The van der Waals surface area contributed by atoms with Crippen LogP contribution in [-0.4, -0.2) is 29.2 Å². The third kappa shape index (κ3) is 3.04. The first-order chi connectivity index (χ1) is 9.52. The van der Waals surface area contributed by atoms with Crippen molar-refractivity contribution < 1.29 is 14.3 Å². The van der Waals surface area contributed by atoms with Gasteiger partial charge in [0.1, 0.15) is 5.75 Å². The second-order valence-electron chi connectivity index (χ2n) is 4.62. The van der Waals surface area contributed by atoms with Crippen molar-refractivity contribution >= 4 is 29.0 Å². The van der Waals surface area contributed by atoms with E-state index < -0.39 is 0 Å². The Balaban J connectivity index is 2.30. The fourth-order valence-corrected chi connectivity index (χ4v) is 2.51. The van der Waals surface area contributed by atoms with Crippen molar-refractivity contribution in [2.24, 2.45) is 0 Å². The van der Waals surface area contributed by atoms with Gasteiger partial charge in [-0.25, -0.2) is 0 Å². The molecule has 0 radical (unpaired) electrons. The molecule has 0 unspecified atom stereocenters. The summed E-state index contributed by atoms with van der Waals surface area (Å²) in [6.45, 7) is 4.05. The van der Waals surface area contributed by atoms with Crippen LogP contribution in [0.5, 0.6) is 5.75 Å². The topological polar surface area (TPSA) is 46.6 Å². The first-order valence-corrected chi connectivity index (χ1v) is 7.31. The fourth-order valence-electron chi connectivity index (χ4n) is 1.69. The number of ether oxygens (including phenoxy) is 1. The Morgan fingerprint density at radius 1 is 1.35 bits per heavy atom. The SMILES string of the molecule is CC[C@H](C)Oc1ccccc1/C=C1/SC(=O)N(C)C1=O. The lowest BCUT2D eigenvalue weighted by Crippen LogP contribution is -2.22. The van der Waals surface area contributed by atoms with E-state index in [0.717, 1.165) is 34.4 Å². The molecule has 1 aliphatic heterocycles. The normalized spacial score (nSPS) is 18.8. The van der Waals surface area contributed by atoms with Gasteiger partial charge in [0.25, 0.3) is 11.1 Å². The summed E-state index contributed by atoms with van der Waals surface area (Å²) >= 11 is 0.953. The fraction of sp³-hybridized carbons (Fsp3) is 0.333. The van der Waals surface area contributed by atoms with Gasteiger partial charge in [0, 0.05) is 12.6 Å². The number of hydrogen-bond acceptors (Lipinski definition) is 4. The van der Waals surface area contributed by atoms with E-state index in [1.807, 2.05) is 31.2 Å². The molecule has 0 bridgehead atoms. The molecule has 1 saturated heterocycles. The quantitative estimate of drug-likeness (QED) is 0.796. The van der Waals surface area contributed by atoms with Crippen molar-refractivity contribution in [2.45, 2.75) is 26.4 Å². The Kier molecular flexibility index (Phi) is 4.49. The number of rotatable bonds is 4. The van der Waals surface area contributed by atoms with E-state index >= 15 is 0 Å². The molecule has 0 saturated carbocycles. The number of amides is 2. The lowest BCUT2D eigenvalue weighted by molar-refractivity contribution is -0.121. The zero-order chi connectivity index (χ0) is 14.7. The maximum absolute atomic E-state index is 11.9. The van der Waals surface area contributed by atoms with Crippen LogP contribution < -0.4 is 4.74 Å². The molecular formula is C15H17NO3S. The van der Waals surface area contributed by atoms with E-state index in [2.05, 4.69) is 6.92 Å². The third-order valence-corrected chi connectivity index (χ3v) is 4.06. The average Bonchev–Trinajstić information content (AvgIpc) is 2.68. The molecule has 2 rings (SSSR count). The van der Waals surface area contributed by atoms with Crippen LogP contribution in [0.15, 0.2) is 29.2 Å². The van der Waals surface area contributed by atoms with Gasteiger partial charge >= 0.3 is 0 Å². The molecule has 2 amide bonds. The van der Waals surface area contributed by atoms with Gasteiger partial charge in [0.05, 0.1) is 11.0 Å². The molecule has 0 N–H and O–H groups in total. The molecule has 1 aromatic carbocycles. The molecule has 5 heteroatoms. The number of likely N-dealkylation sites (N-methyl/N-ethyl adjacent to an activating group) is 1. The van der Waals surface area contributed by atoms with Gasteiger partial charge in [0.2, 0.25) is 0 Å². The monoisotopic (exact) mass is 291 g/mol. The zero-order valence-corrected chi connectivity index (χ0v) is 12.6. The van der Waals surface area contributed by atoms with Crippen LogP contribution in [0.25, 0.3) is 6.08 Å². The van der Waals surface area contributed by atoms with Crippen molar-refractivity contribution in [3.05, 3.63) is 34.7 Å². The predicted molar refractivity (Wildman–Crippen MR) is 80.6 cm³/mol. The molecular weight excluding hydrogens is 274 g/mol. The van der Waals surface area contributed by atoms with Gasteiger partial charge in [-0.1, -0.05) is 25.1 Å². The number of benzene rings is 1. The number of hydrogen-bond donors (Lipinski definition) is 0. The van der Waals surface area contributed by atoms with Crippen LogP contribution in [0.3, 0.4) is 0 Å². The van der Waals surface area contributed by atoms with Gasteiger partial charge < -0.3 is 4.74 Å². The highest BCUT2D eigenvalue weighted by Gasteiger charge is 2.31. The number of thioether (sulfide) groups is 1. The van der Waals surface area contributed by atoms with Gasteiger partial charge in [-0.05, 0) is 37.2 Å². The van der Waals surface area contributed by atoms with E-state index in [9.17, 15) is 9.59 Å². The lowest BCUT2D eigenvalue weighted by atomic mass is 10.1. The molecule has 1 heterocycles. The standard InChI is InChI=1S/C15H17NO3S/c1-4-10(2)19-12-8-6-5-7-11(12)9-13-14(17)16(3)15(18)20-13/h5-10H,4H2,1-3H3/b13-9+/t10-/m0/s1. The van der Waals surface area contributed by atoms with Crippen LogP contribution in [0, 0.1) is 0 Å². The highest BCUT2D eigenvalue weighted by Crippen LogP contribution is 2.33. The van der Waals surface area contributed by atoms with E-state index in [1.165, 1.54) is 7.05 Å². The van der Waals surface area contributed by atoms with Crippen molar-refractivity contribution in [3.63, 3.8) is 0 Å². The Morgan fingerprint density at radius 2 is 2.05 bits per heavy atom. The van der Waals surface area contributed by atoms with Crippen molar-refractivity contribution in [2.75, 3.05) is 7.05 Å². The maximum Gasteiger partial charge on any atom is 0.293 e. The average molecular weight is 291 g/mol. The van der Waals surface area contributed by atoms with Gasteiger partial charge in [0.15, 0.2) is 0 Å². The summed E-state index contributed by atoms with van der Waals surface area (Å²) in [5.74, 6) is 0.461. The van der Waals surface area contributed by atoms with Crippen LogP contribution in [0.4, 0.5) is 4.79 Å². The van der Waals surface area contributed by atoms with Gasteiger partial charge in [-0.2, -0.15) is 0 Å². The first-order valence-electron chi connectivity index (χ1n) is 6.50. The van der Waals surface area contributed by atoms with Crippen molar-refractivity contribution in [3.8, 4) is 5.75 Å². The smallest absolute Gasteiger partial charge is 0.293 e. The Hall–Kier alpha value is -1.75. The third-order valence-electron chi connectivity index (χ3n) is 3.10. The molecule has 0 spiro atoms. The number of imide groups is 1. The molecule has 1 aromatic rings. The summed E-state index contributed by atoms with van der Waals surface area (Å²) in [5.41, 5.74) is 0.812. The van der Waals surface area contributed by atoms with Crippen LogP contribution >= 0.6 is 11.8 Å². The molecule has 1 atom stereocenters. The van der Waals surface area contributed by atoms with Gasteiger partial charge in [-0.3, -0.25) is 14.5 Å². The number of para-hydroxylation sites is 1. The van der Waals surface area contributed by atoms with E-state index in [1.54, 1.807) is 6.08 Å². The summed E-state index contributed by atoms with van der Waals surface area (Å²) in [4.78, 5) is 24.9. The molecule has 106 valence electrons. The summed E-state index contributed by atoms with van der Waals surface area (Å²) in [6.07, 6.45) is 2.72. The minimum Gasteiger partial charge on any atom is -0.490 e. The molecule has 0 aliphatic carbocycles. The Bertz CT molecular complexity index is 568. The summed E-state index contributed by atoms with van der Waals surface area (Å²) in [7, 11) is 1.49. The second-order valence-corrected chi connectivity index (χ2v) is 5.61. The van der Waals surface area contributed by atoms with Gasteiger partial charge in [-0.15, -0.1) is 0 Å². The number of carbonyl (C=O) groups is 2. The van der Waals surface area contributed by atoms with E-state index in [-0.39, 0.29) is 17.3 Å². The van der Waals surface area contributed by atoms with E-state index in [0.29, 0.717) is 4.91 Å². The Morgan fingerprint density at radius 3 is 2.65 bits per heavy atom. The first kappa shape index (κ1) is 14.7. The molecule has 4 nitrogen and oxygen atoms in total. The highest BCUT2D eigenvalue weighted by molar-refractivity contribution is 8.18. The van der Waals surface area contributed by atoms with Crippen molar-refractivity contribution in [1.29, 1.82) is 0 Å². The molecule has 1 fully saturated rings. The maximum atomic E-state index is 11.9. The lowest BCUT2D eigenvalue weighted by Gasteiger charge is -2.14. The number of carbonyl (C=O) groups excluding carboxylic acids is 2. The molecule has 20 heavy (non-hydrogen) atoms. The van der Waals surface area contributed by atoms with Crippen LogP contribution in [-0.2, 0) is 4.79 Å². The van der Waals surface area contributed by atoms with Crippen LogP contribution in [0.2, 0.25) is 0 Å². The minimum absolute atomic E-state index is 0.103. The summed E-state index contributed by atoms with van der Waals surface area (Å²) in [5, 5.41) is -0.249. The highest BCUT2D eigenvalue weighted by atomic mass is 32.2. The minimum atomic E-state index is -0.265. The van der Waals surface area contributed by atoms with Crippen LogP contribution in [0.1, 0.15) is 25.8 Å². The molecule has 1 aliphatic rings. The largest absolute Gasteiger partial charge is 0.490 e.